The zero-order chi connectivity index (χ0) is 20.6. The number of benzene rings is 3. The molecule has 3 rings (SSSR count). The van der Waals surface area contributed by atoms with Gasteiger partial charge in [-0.25, -0.2) is 4.79 Å². The molecule has 0 aromatic heterocycles. The Morgan fingerprint density at radius 3 is 2.24 bits per heavy atom. The number of methoxy groups -OCH3 is 1. The smallest absolute Gasteiger partial charge is 0.323 e. The lowest BCUT2D eigenvalue weighted by atomic mass is 10.1. The van der Waals surface area contributed by atoms with Gasteiger partial charge in [0.25, 0.3) is 0 Å². The molecule has 0 heterocycles. The van der Waals surface area contributed by atoms with Gasteiger partial charge in [0.1, 0.15) is 5.75 Å². The number of para-hydroxylation sites is 2. The molecule has 6 heteroatoms. The maximum Gasteiger partial charge on any atom is 0.323 e. The summed E-state index contributed by atoms with van der Waals surface area (Å²) < 4.78 is 5.39. The van der Waals surface area contributed by atoms with Gasteiger partial charge in [0.15, 0.2) is 0 Å². The quantitative estimate of drug-likeness (QED) is 0.565. The van der Waals surface area contributed by atoms with E-state index >= 15 is 0 Å². The second-order valence-electron chi connectivity index (χ2n) is 6.52. The van der Waals surface area contributed by atoms with Crippen molar-refractivity contribution in [3.8, 4) is 5.75 Å². The van der Waals surface area contributed by atoms with Gasteiger partial charge in [-0.05, 0) is 48.4 Å². The third kappa shape index (κ3) is 5.59. The minimum absolute atomic E-state index is 0.128. The molecule has 0 saturated heterocycles. The molecule has 0 atom stereocenters. The molecule has 0 aliphatic rings. The summed E-state index contributed by atoms with van der Waals surface area (Å²) >= 11 is 0. The van der Waals surface area contributed by atoms with Crippen LogP contribution in [-0.2, 0) is 11.2 Å². The molecule has 0 unspecified atom stereocenters. The van der Waals surface area contributed by atoms with Crippen molar-refractivity contribution < 1.29 is 14.3 Å². The Morgan fingerprint density at radius 1 is 0.828 bits per heavy atom. The van der Waals surface area contributed by atoms with Crippen LogP contribution in [0.4, 0.5) is 21.9 Å². The minimum Gasteiger partial charge on any atom is -0.495 e. The molecule has 0 fully saturated rings. The molecule has 29 heavy (non-hydrogen) atoms. The molecule has 3 aromatic carbocycles. The predicted molar refractivity (Wildman–Crippen MR) is 116 cm³/mol. The lowest BCUT2D eigenvalue weighted by molar-refractivity contribution is -0.115. The number of rotatable bonds is 6. The molecule has 0 aliphatic heterocycles. The first-order valence-electron chi connectivity index (χ1n) is 9.20. The van der Waals surface area contributed by atoms with Crippen LogP contribution in [-0.4, -0.2) is 19.0 Å². The first kappa shape index (κ1) is 19.9. The number of hydrogen-bond donors (Lipinski definition) is 3. The summed E-state index contributed by atoms with van der Waals surface area (Å²) in [5.74, 6) is 0.353. The van der Waals surface area contributed by atoms with E-state index in [0.29, 0.717) is 11.4 Å². The summed E-state index contributed by atoms with van der Waals surface area (Å²) in [4.78, 5) is 24.6. The average molecular weight is 389 g/mol. The highest BCUT2D eigenvalue weighted by atomic mass is 16.5. The van der Waals surface area contributed by atoms with Crippen LogP contribution in [0.1, 0.15) is 11.1 Å². The van der Waals surface area contributed by atoms with Crippen molar-refractivity contribution in [2.45, 2.75) is 13.3 Å². The van der Waals surface area contributed by atoms with E-state index in [1.807, 2.05) is 61.5 Å². The summed E-state index contributed by atoms with van der Waals surface area (Å²) in [6.45, 7) is 1.92. The summed E-state index contributed by atoms with van der Waals surface area (Å²) in [5, 5.41) is 8.44. The third-order valence-electron chi connectivity index (χ3n) is 4.33. The van der Waals surface area contributed by atoms with Crippen LogP contribution in [0.2, 0.25) is 0 Å². The normalized spacial score (nSPS) is 10.1. The largest absolute Gasteiger partial charge is 0.495 e. The monoisotopic (exact) mass is 389 g/mol. The van der Waals surface area contributed by atoms with E-state index in [-0.39, 0.29) is 18.4 Å². The highest BCUT2D eigenvalue weighted by Crippen LogP contribution is 2.26. The highest BCUT2D eigenvalue weighted by molar-refractivity contribution is 6.01. The van der Waals surface area contributed by atoms with Crippen LogP contribution in [0, 0.1) is 6.92 Å². The number of ether oxygens (including phenoxy) is 1. The van der Waals surface area contributed by atoms with Crippen LogP contribution in [0.5, 0.6) is 5.75 Å². The van der Waals surface area contributed by atoms with Gasteiger partial charge >= 0.3 is 6.03 Å². The zero-order valence-electron chi connectivity index (χ0n) is 16.4. The van der Waals surface area contributed by atoms with Gasteiger partial charge in [-0.2, -0.15) is 0 Å². The molecule has 3 N–H and O–H groups in total. The van der Waals surface area contributed by atoms with E-state index in [2.05, 4.69) is 16.0 Å². The van der Waals surface area contributed by atoms with Crippen molar-refractivity contribution in [3.05, 3.63) is 83.9 Å². The van der Waals surface area contributed by atoms with Crippen LogP contribution in [0.15, 0.2) is 72.8 Å². The van der Waals surface area contributed by atoms with Crippen molar-refractivity contribution in [2.75, 3.05) is 23.1 Å². The SMILES string of the molecule is COc1cc(CC(=O)Nc2ccccc2)ccc1NC(=O)Nc1ccccc1C. The number of hydrogen-bond acceptors (Lipinski definition) is 3. The number of aryl methyl sites for hydroxylation is 1. The van der Waals surface area contributed by atoms with Crippen LogP contribution >= 0.6 is 0 Å². The molecule has 3 aromatic rings. The highest BCUT2D eigenvalue weighted by Gasteiger charge is 2.11. The summed E-state index contributed by atoms with van der Waals surface area (Å²) in [6.07, 6.45) is 0.195. The van der Waals surface area contributed by atoms with Crippen molar-refractivity contribution in [3.63, 3.8) is 0 Å². The number of carbonyl (C=O) groups is 2. The van der Waals surface area contributed by atoms with E-state index in [4.69, 9.17) is 4.74 Å². The molecular formula is C23H23N3O3. The predicted octanol–water partition coefficient (Wildman–Crippen LogP) is 4.83. The Labute approximate surface area is 169 Å². The van der Waals surface area contributed by atoms with Crippen LogP contribution < -0.4 is 20.7 Å². The second kappa shape index (κ2) is 9.41. The minimum atomic E-state index is -0.368. The molecule has 3 amide bonds. The Bertz CT molecular complexity index is 1000. The first-order chi connectivity index (χ1) is 14.0. The molecule has 0 saturated carbocycles. The summed E-state index contributed by atoms with van der Waals surface area (Å²) in [7, 11) is 1.52. The Kier molecular flexibility index (Phi) is 6.47. The van der Waals surface area contributed by atoms with E-state index in [0.717, 1.165) is 22.5 Å². The molecule has 6 nitrogen and oxygen atoms in total. The maximum absolute atomic E-state index is 12.3. The lowest BCUT2D eigenvalue weighted by Gasteiger charge is -2.13. The van der Waals surface area contributed by atoms with Crippen molar-refractivity contribution in [1.29, 1.82) is 0 Å². The van der Waals surface area contributed by atoms with Crippen molar-refractivity contribution in [2.24, 2.45) is 0 Å². The molecule has 0 radical (unpaired) electrons. The lowest BCUT2D eigenvalue weighted by Crippen LogP contribution is -2.20. The molecular weight excluding hydrogens is 366 g/mol. The third-order valence-corrected chi connectivity index (χ3v) is 4.33. The zero-order valence-corrected chi connectivity index (χ0v) is 16.4. The van der Waals surface area contributed by atoms with Gasteiger partial charge in [-0.3, -0.25) is 4.79 Å². The number of anilines is 3. The topological polar surface area (TPSA) is 79.5 Å². The molecule has 0 bridgehead atoms. The van der Waals surface area contributed by atoms with Crippen molar-refractivity contribution in [1.82, 2.24) is 0 Å². The number of nitrogens with one attached hydrogen (secondary N) is 3. The molecule has 148 valence electrons. The van der Waals surface area contributed by atoms with Gasteiger partial charge < -0.3 is 20.7 Å². The second-order valence-corrected chi connectivity index (χ2v) is 6.52. The fourth-order valence-electron chi connectivity index (χ4n) is 2.85. The van der Waals surface area contributed by atoms with Gasteiger partial charge in [0, 0.05) is 11.4 Å². The van der Waals surface area contributed by atoms with Gasteiger partial charge in [0.05, 0.1) is 19.2 Å². The molecule has 0 spiro atoms. The number of carbonyl (C=O) groups excluding carboxylic acids is 2. The van der Waals surface area contributed by atoms with Crippen LogP contribution in [0.25, 0.3) is 0 Å². The maximum atomic E-state index is 12.3. The Hall–Kier alpha value is -3.80. The average Bonchev–Trinajstić information content (AvgIpc) is 2.71. The van der Waals surface area contributed by atoms with Gasteiger partial charge in [-0.1, -0.05) is 42.5 Å². The fourth-order valence-corrected chi connectivity index (χ4v) is 2.85. The fraction of sp³-hybridized carbons (Fsp3) is 0.130. The van der Waals surface area contributed by atoms with Gasteiger partial charge in [-0.15, -0.1) is 0 Å². The Balaban J connectivity index is 1.64. The Morgan fingerprint density at radius 2 is 1.52 bits per heavy atom. The number of amides is 3. The molecule has 0 aliphatic carbocycles. The standard InChI is InChI=1S/C23H23N3O3/c1-16-8-6-7-11-19(16)25-23(28)26-20-13-12-17(14-21(20)29-2)15-22(27)24-18-9-4-3-5-10-18/h3-14H,15H2,1-2H3,(H,24,27)(H2,25,26,28). The summed E-state index contributed by atoms with van der Waals surface area (Å²) in [6, 6.07) is 21.7. The van der Waals surface area contributed by atoms with E-state index in [1.54, 1.807) is 18.2 Å². The summed E-state index contributed by atoms with van der Waals surface area (Å²) in [5.41, 5.74) is 3.74. The van der Waals surface area contributed by atoms with Crippen LogP contribution in [0.3, 0.4) is 0 Å². The van der Waals surface area contributed by atoms with E-state index in [9.17, 15) is 9.59 Å². The van der Waals surface area contributed by atoms with Crippen molar-refractivity contribution >= 4 is 29.0 Å². The number of urea groups is 1. The van der Waals surface area contributed by atoms with Gasteiger partial charge in [0.2, 0.25) is 5.91 Å². The first-order valence-corrected chi connectivity index (χ1v) is 9.20. The van der Waals surface area contributed by atoms with E-state index in [1.165, 1.54) is 7.11 Å². The van der Waals surface area contributed by atoms with E-state index < -0.39 is 0 Å².